The van der Waals surface area contributed by atoms with Crippen molar-refractivity contribution in [3.8, 4) is 0 Å². The predicted molar refractivity (Wildman–Crippen MR) is 40.2 cm³/mol. The van der Waals surface area contributed by atoms with Gasteiger partial charge in [-0.15, -0.1) is 0 Å². The monoisotopic (exact) mass is 158 g/mol. The van der Waals surface area contributed by atoms with Gasteiger partial charge in [-0.05, 0) is 12.3 Å². The topological polar surface area (TPSA) is 57.5 Å². The molecule has 0 saturated heterocycles. The van der Waals surface area contributed by atoms with Gasteiger partial charge < -0.3 is 10.2 Å². The largest absolute Gasteiger partial charge is 0.481 e. The van der Waals surface area contributed by atoms with E-state index < -0.39 is 11.9 Å². The molecule has 64 valence electrons. The molecule has 2 N–H and O–H groups in total. The smallest absolute Gasteiger partial charge is 0.308 e. The highest BCUT2D eigenvalue weighted by atomic mass is 16.4. The molecule has 0 radical (unpaired) electrons. The highest BCUT2D eigenvalue weighted by molar-refractivity contribution is 5.70. The average Bonchev–Trinajstić information content (AvgIpc) is 1.85. The van der Waals surface area contributed by atoms with E-state index in [4.69, 9.17) is 10.2 Å². The van der Waals surface area contributed by atoms with Crippen LogP contribution in [0.1, 0.15) is 25.7 Å². The van der Waals surface area contributed by atoms with E-state index in [1.807, 2.05) is 0 Å². The van der Waals surface area contributed by atoms with Crippen LogP contribution in [0, 0.1) is 11.8 Å². The third-order valence-corrected chi connectivity index (χ3v) is 2.41. The van der Waals surface area contributed by atoms with Gasteiger partial charge in [0.2, 0.25) is 0 Å². The molecule has 11 heavy (non-hydrogen) atoms. The van der Waals surface area contributed by atoms with Gasteiger partial charge in [-0.3, -0.25) is 4.79 Å². The minimum Gasteiger partial charge on any atom is -0.481 e. The lowest BCUT2D eigenvalue weighted by Gasteiger charge is -2.27. The van der Waals surface area contributed by atoms with Gasteiger partial charge in [0, 0.05) is 0 Å². The summed E-state index contributed by atoms with van der Waals surface area (Å²) >= 11 is 0. The van der Waals surface area contributed by atoms with E-state index in [1.165, 1.54) is 6.42 Å². The first kappa shape index (κ1) is 8.53. The molecule has 1 aliphatic rings. The number of carboxylic acids is 1. The number of hydrogen-bond donors (Lipinski definition) is 2. The second-order valence-electron chi connectivity index (χ2n) is 3.25. The van der Waals surface area contributed by atoms with Crippen LogP contribution in [0.15, 0.2) is 0 Å². The van der Waals surface area contributed by atoms with Crippen molar-refractivity contribution in [3.63, 3.8) is 0 Å². The van der Waals surface area contributed by atoms with Crippen molar-refractivity contribution in [3.05, 3.63) is 0 Å². The molecule has 0 aromatic rings. The molecular weight excluding hydrogens is 144 g/mol. The third-order valence-electron chi connectivity index (χ3n) is 2.41. The summed E-state index contributed by atoms with van der Waals surface area (Å²) in [5.74, 6) is -0.831. The first-order valence-electron chi connectivity index (χ1n) is 4.07. The molecule has 3 nitrogen and oxygen atoms in total. The van der Waals surface area contributed by atoms with Gasteiger partial charge in [0.25, 0.3) is 0 Å². The normalized spacial score (nSPS) is 20.8. The Balaban J connectivity index is 2.24. The van der Waals surface area contributed by atoms with E-state index in [0.29, 0.717) is 12.3 Å². The Morgan fingerprint density at radius 1 is 1.55 bits per heavy atom. The zero-order chi connectivity index (χ0) is 8.27. The van der Waals surface area contributed by atoms with E-state index in [-0.39, 0.29) is 6.61 Å². The lowest BCUT2D eigenvalue weighted by Crippen LogP contribution is -2.24. The van der Waals surface area contributed by atoms with Crippen molar-refractivity contribution in [2.24, 2.45) is 11.8 Å². The van der Waals surface area contributed by atoms with Crippen molar-refractivity contribution < 1.29 is 15.0 Å². The Hall–Kier alpha value is -0.570. The van der Waals surface area contributed by atoms with Gasteiger partial charge in [0.1, 0.15) is 0 Å². The summed E-state index contributed by atoms with van der Waals surface area (Å²) < 4.78 is 0. The fourth-order valence-corrected chi connectivity index (χ4v) is 1.38. The number of aliphatic hydroxyl groups is 1. The van der Waals surface area contributed by atoms with Gasteiger partial charge in [0.15, 0.2) is 0 Å². The van der Waals surface area contributed by atoms with Gasteiger partial charge in [-0.25, -0.2) is 0 Å². The minimum atomic E-state index is -0.862. The van der Waals surface area contributed by atoms with Crippen LogP contribution >= 0.6 is 0 Å². The van der Waals surface area contributed by atoms with E-state index in [9.17, 15) is 4.79 Å². The molecule has 0 aliphatic heterocycles. The second kappa shape index (κ2) is 3.72. The predicted octanol–water partition coefficient (Wildman–Crippen LogP) is 0.870. The zero-order valence-corrected chi connectivity index (χ0v) is 6.49. The van der Waals surface area contributed by atoms with Crippen LogP contribution in [0.25, 0.3) is 0 Å². The lowest BCUT2D eigenvalue weighted by molar-refractivity contribution is -0.144. The summed E-state index contributed by atoms with van der Waals surface area (Å²) in [5.41, 5.74) is 0. The van der Waals surface area contributed by atoms with Crippen LogP contribution in [0.4, 0.5) is 0 Å². The number of carbonyl (C=O) groups is 1. The maximum atomic E-state index is 10.4. The molecule has 0 amide bonds. The molecular formula is C8H14O3. The summed E-state index contributed by atoms with van der Waals surface area (Å²) in [6, 6.07) is 0. The molecule has 3 heteroatoms. The summed E-state index contributed by atoms with van der Waals surface area (Å²) in [4.78, 5) is 10.4. The maximum absolute atomic E-state index is 10.4. The molecule has 0 aromatic heterocycles. The second-order valence-corrected chi connectivity index (χ2v) is 3.25. The van der Waals surface area contributed by atoms with Crippen molar-refractivity contribution in [2.75, 3.05) is 6.61 Å². The number of carboxylic acid groups (broad SMARTS) is 1. The Labute approximate surface area is 66.0 Å². The molecule has 1 aliphatic carbocycles. The van der Waals surface area contributed by atoms with Crippen LogP contribution in [0.5, 0.6) is 0 Å². The number of aliphatic carboxylic acids is 1. The van der Waals surface area contributed by atoms with Crippen LogP contribution in [-0.2, 0) is 4.79 Å². The van der Waals surface area contributed by atoms with E-state index >= 15 is 0 Å². The summed E-state index contributed by atoms with van der Waals surface area (Å²) in [7, 11) is 0. The first-order chi connectivity index (χ1) is 5.24. The van der Waals surface area contributed by atoms with Crippen LogP contribution in [0.2, 0.25) is 0 Å². The molecule has 1 atom stereocenters. The van der Waals surface area contributed by atoms with Gasteiger partial charge >= 0.3 is 5.97 Å². The fourth-order valence-electron chi connectivity index (χ4n) is 1.38. The number of aliphatic hydroxyl groups excluding tert-OH is 1. The zero-order valence-electron chi connectivity index (χ0n) is 6.49. The summed E-state index contributed by atoms with van der Waals surface area (Å²) in [6.45, 7) is -0.216. The Morgan fingerprint density at radius 2 is 2.18 bits per heavy atom. The number of hydrogen-bond acceptors (Lipinski definition) is 2. The lowest BCUT2D eigenvalue weighted by atomic mass is 9.79. The highest BCUT2D eigenvalue weighted by Crippen LogP contribution is 2.32. The van der Waals surface area contributed by atoms with E-state index in [0.717, 1.165) is 12.8 Å². The maximum Gasteiger partial charge on any atom is 0.308 e. The molecule has 0 heterocycles. The minimum absolute atomic E-state index is 0.216. The average molecular weight is 158 g/mol. The van der Waals surface area contributed by atoms with Crippen LogP contribution in [0.3, 0.4) is 0 Å². The Morgan fingerprint density at radius 3 is 2.45 bits per heavy atom. The SMILES string of the molecule is O=C(O)C(CO)CC1CCC1. The summed E-state index contributed by atoms with van der Waals surface area (Å²) in [5, 5.41) is 17.3. The van der Waals surface area contributed by atoms with Gasteiger partial charge in [0.05, 0.1) is 12.5 Å². The third kappa shape index (κ3) is 2.19. The van der Waals surface area contributed by atoms with E-state index in [2.05, 4.69) is 0 Å². The van der Waals surface area contributed by atoms with Crippen molar-refractivity contribution in [1.29, 1.82) is 0 Å². The van der Waals surface area contributed by atoms with Crippen molar-refractivity contribution in [1.82, 2.24) is 0 Å². The van der Waals surface area contributed by atoms with Gasteiger partial charge in [-0.1, -0.05) is 19.3 Å². The van der Waals surface area contributed by atoms with Crippen LogP contribution < -0.4 is 0 Å². The molecule has 0 aromatic carbocycles. The molecule has 1 rings (SSSR count). The molecule has 1 saturated carbocycles. The van der Waals surface area contributed by atoms with Gasteiger partial charge in [-0.2, -0.15) is 0 Å². The van der Waals surface area contributed by atoms with Crippen molar-refractivity contribution >= 4 is 5.97 Å². The Kier molecular flexibility index (Phi) is 2.88. The summed E-state index contributed by atoms with van der Waals surface area (Å²) in [6.07, 6.45) is 4.17. The number of rotatable bonds is 4. The molecule has 1 fully saturated rings. The molecule has 0 spiro atoms. The quantitative estimate of drug-likeness (QED) is 0.638. The molecule has 0 bridgehead atoms. The van der Waals surface area contributed by atoms with Crippen LogP contribution in [-0.4, -0.2) is 22.8 Å². The highest BCUT2D eigenvalue weighted by Gasteiger charge is 2.25. The fraction of sp³-hybridized carbons (Fsp3) is 0.875. The van der Waals surface area contributed by atoms with E-state index in [1.54, 1.807) is 0 Å². The Bertz CT molecular complexity index is 140. The first-order valence-corrected chi connectivity index (χ1v) is 4.07. The van der Waals surface area contributed by atoms with Crippen molar-refractivity contribution in [2.45, 2.75) is 25.7 Å². The standard InChI is InChI=1S/C8H14O3/c9-5-7(8(10)11)4-6-2-1-3-6/h6-7,9H,1-5H2,(H,10,11). The molecule has 1 unspecified atom stereocenters.